The first-order valence-corrected chi connectivity index (χ1v) is 7.49. The Labute approximate surface area is 131 Å². The van der Waals surface area contributed by atoms with Crippen LogP contribution in [0.2, 0.25) is 5.02 Å². The SMILES string of the molecule is CNC(Cc1c(C)cc(C)cc1C)c1cccc(F)c1Cl. The van der Waals surface area contributed by atoms with Gasteiger partial charge in [-0.3, -0.25) is 0 Å². The summed E-state index contributed by atoms with van der Waals surface area (Å²) in [5.74, 6) is -0.369. The fourth-order valence-electron chi connectivity index (χ4n) is 2.89. The number of rotatable bonds is 4. The lowest BCUT2D eigenvalue weighted by Gasteiger charge is -2.21. The molecule has 2 aromatic rings. The highest BCUT2D eigenvalue weighted by Crippen LogP contribution is 2.29. The Kier molecular flexibility index (Phi) is 5.02. The minimum atomic E-state index is -0.369. The maximum absolute atomic E-state index is 13.7. The predicted octanol–water partition coefficient (Wildman–Crippen LogP) is 4.91. The fraction of sp³-hybridized carbons (Fsp3) is 0.333. The van der Waals surface area contributed by atoms with Gasteiger partial charge in [0.2, 0.25) is 0 Å². The second-order valence-electron chi connectivity index (χ2n) is 5.57. The van der Waals surface area contributed by atoms with Gasteiger partial charge in [0, 0.05) is 6.04 Å². The summed E-state index contributed by atoms with van der Waals surface area (Å²) in [6.45, 7) is 6.34. The van der Waals surface area contributed by atoms with E-state index in [9.17, 15) is 4.39 Å². The highest BCUT2D eigenvalue weighted by atomic mass is 35.5. The van der Waals surface area contributed by atoms with Crippen molar-refractivity contribution in [2.45, 2.75) is 33.2 Å². The van der Waals surface area contributed by atoms with E-state index in [1.54, 1.807) is 6.07 Å². The zero-order valence-electron chi connectivity index (χ0n) is 12.9. The lowest BCUT2D eigenvalue weighted by atomic mass is 9.91. The summed E-state index contributed by atoms with van der Waals surface area (Å²) in [5, 5.41) is 3.46. The molecule has 0 fully saturated rings. The van der Waals surface area contributed by atoms with Crippen LogP contribution in [0.25, 0.3) is 0 Å². The zero-order chi connectivity index (χ0) is 15.6. The van der Waals surface area contributed by atoms with Crippen molar-refractivity contribution in [1.82, 2.24) is 5.32 Å². The Morgan fingerprint density at radius 3 is 2.33 bits per heavy atom. The van der Waals surface area contributed by atoms with Crippen LogP contribution in [0.4, 0.5) is 4.39 Å². The van der Waals surface area contributed by atoms with Gasteiger partial charge in [-0.05, 0) is 62.6 Å². The minimum Gasteiger partial charge on any atom is -0.313 e. The largest absolute Gasteiger partial charge is 0.313 e. The van der Waals surface area contributed by atoms with E-state index in [1.165, 1.54) is 28.3 Å². The van der Waals surface area contributed by atoms with Crippen molar-refractivity contribution < 1.29 is 4.39 Å². The second kappa shape index (κ2) is 6.59. The van der Waals surface area contributed by atoms with Crippen molar-refractivity contribution in [1.29, 1.82) is 0 Å². The lowest BCUT2D eigenvalue weighted by molar-refractivity contribution is 0.575. The molecular weight excluding hydrogens is 285 g/mol. The van der Waals surface area contributed by atoms with Crippen LogP contribution in [-0.4, -0.2) is 7.05 Å². The standard InChI is InChI=1S/C18H21ClFN/c1-11-8-12(2)15(13(3)9-11)10-17(21-4)14-6-5-7-16(20)18(14)19/h5-9,17,21H,10H2,1-4H3. The number of halogens is 2. The van der Waals surface area contributed by atoms with E-state index < -0.39 is 0 Å². The maximum atomic E-state index is 13.7. The Morgan fingerprint density at radius 1 is 1.14 bits per heavy atom. The molecule has 0 bridgehead atoms. The third-order valence-electron chi connectivity index (χ3n) is 3.95. The maximum Gasteiger partial charge on any atom is 0.142 e. The molecule has 0 spiro atoms. The Balaban J connectivity index is 2.38. The monoisotopic (exact) mass is 305 g/mol. The first-order valence-electron chi connectivity index (χ1n) is 7.12. The van der Waals surface area contributed by atoms with Crippen molar-refractivity contribution in [3.63, 3.8) is 0 Å². The molecule has 1 atom stereocenters. The first kappa shape index (κ1) is 16.0. The first-order chi connectivity index (χ1) is 9.93. The van der Waals surface area contributed by atoms with Gasteiger partial charge in [0.1, 0.15) is 5.82 Å². The van der Waals surface area contributed by atoms with E-state index in [0.717, 1.165) is 12.0 Å². The summed E-state index contributed by atoms with van der Waals surface area (Å²) in [5.41, 5.74) is 5.89. The smallest absolute Gasteiger partial charge is 0.142 e. The van der Waals surface area contributed by atoms with Gasteiger partial charge in [0.25, 0.3) is 0 Å². The molecular formula is C18H21ClFN. The van der Waals surface area contributed by atoms with Crippen LogP contribution < -0.4 is 5.32 Å². The third kappa shape index (κ3) is 3.45. The summed E-state index contributed by atoms with van der Waals surface area (Å²) in [4.78, 5) is 0. The van der Waals surface area contributed by atoms with E-state index >= 15 is 0 Å². The second-order valence-corrected chi connectivity index (χ2v) is 5.94. The van der Waals surface area contributed by atoms with Crippen LogP contribution in [0.15, 0.2) is 30.3 Å². The van der Waals surface area contributed by atoms with Gasteiger partial charge in [-0.25, -0.2) is 4.39 Å². The summed E-state index contributed by atoms with van der Waals surface area (Å²) < 4.78 is 13.7. The average Bonchev–Trinajstić information content (AvgIpc) is 2.42. The number of nitrogens with one attached hydrogen (secondary N) is 1. The molecule has 21 heavy (non-hydrogen) atoms. The number of aryl methyl sites for hydroxylation is 3. The summed E-state index contributed by atoms with van der Waals surface area (Å²) in [6, 6.07) is 9.33. The third-order valence-corrected chi connectivity index (χ3v) is 4.35. The molecule has 2 aromatic carbocycles. The van der Waals surface area contributed by atoms with Crippen LogP contribution in [0.1, 0.15) is 33.9 Å². The van der Waals surface area contributed by atoms with Crippen LogP contribution >= 0.6 is 11.6 Å². The van der Waals surface area contributed by atoms with Crippen molar-refractivity contribution in [2.75, 3.05) is 7.05 Å². The van der Waals surface area contributed by atoms with E-state index in [1.807, 2.05) is 13.1 Å². The topological polar surface area (TPSA) is 12.0 Å². The fourth-order valence-corrected chi connectivity index (χ4v) is 3.15. The number of hydrogen-bond acceptors (Lipinski definition) is 1. The molecule has 2 rings (SSSR count). The molecule has 0 aliphatic rings. The molecule has 0 saturated carbocycles. The Bertz CT molecular complexity index is 629. The van der Waals surface area contributed by atoms with E-state index in [4.69, 9.17) is 11.6 Å². The number of benzene rings is 2. The molecule has 0 aromatic heterocycles. The lowest BCUT2D eigenvalue weighted by Crippen LogP contribution is -2.20. The van der Waals surface area contributed by atoms with Crippen molar-refractivity contribution in [2.24, 2.45) is 0 Å². The van der Waals surface area contributed by atoms with Gasteiger partial charge in [-0.15, -0.1) is 0 Å². The summed E-state index contributed by atoms with van der Waals surface area (Å²) in [6.07, 6.45) is 0.789. The van der Waals surface area contributed by atoms with Gasteiger partial charge < -0.3 is 5.32 Å². The number of hydrogen-bond donors (Lipinski definition) is 1. The van der Waals surface area contributed by atoms with Crippen LogP contribution in [0.3, 0.4) is 0 Å². The molecule has 1 unspecified atom stereocenters. The molecule has 3 heteroatoms. The van der Waals surface area contributed by atoms with Gasteiger partial charge in [-0.1, -0.05) is 41.4 Å². The Morgan fingerprint density at radius 2 is 1.76 bits per heavy atom. The Hall–Kier alpha value is -1.38. The summed E-state index contributed by atoms with van der Waals surface area (Å²) >= 11 is 6.12. The van der Waals surface area contributed by atoms with E-state index in [0.29, 0.717) is 0 Å². The quantitative estimate of drug-likeness (QED) is 0.846. The van der Waals surface area contributed by atoms with Crippen LogP contribution in [0, 0.1) is 26.6 Å². The molecule has 0 saturated heterocycles. The summed E-state index contributed by atoms with van der Waals surface area (Å²) in [7, 11) is 1.88. The normalized spacial score (nSPS) is 12.5. The van der Waals surface area contributed by atoms with E-state index in [-0.39, 0.29) is 16.9 Å². The highest BCUT2D eigenvalue weighted by molar-refractivity contribution is 6.31. The predicted molar refractivity (Wildman–Crippen MR) is 87.6 cm³/mol. The van der Waals surface area contributed by atoms with Crippen molar-refractivity contribution in [3.05, 3.63) is 69.0 Å². The van der Waals surface area contributed by atoms with Crippen molar-refractivity contribution >= 4 is 11.6 Å². The molecule has 0 radical (unpaired) electrons. The highest BCUT2D eigenvalue weighted by Gasteiger charge is 2.17. The van der Waals surface area contributed by atoms with Crippen LogP contribution in [-0.2, 0) is 6.42 Å². The number of likely N-dealkylation sites (N-methyl/N-ethyl adjacent to an activating group) is 1. The van der Waals surface area contributed by atoms with E-state index in [2.05, 4.69) is 38.2 Å². The molecule has 0 aliphatic heterocycles. The minimum absolute atomic E-state index is 0.00620. The molecule has 0 aliphatic carbocycles. The molecule has 112 valence electrons. The van der Waals surface area contributed by atoms with Gasteiger partial charge in [0.05, 0.1) is 5.02 Å². The molecule has 0 amide bonds. The van der Waals surface area contributed by atoms with Gasteiger partial charge in [-0.2, -0.15) is 0 Å². The van der Waals surface area contributed by atoms with Gasteiger partial charge in [0.15, 0.2) is 0 Å². The molecule has 1 N–H and O–H groups in total. The van der Waals surface area contributed by atoms with Crippen LogP contribution in [0.5, 0.6) is 0 Å². The molecule has 1 nitrogen and oxygen atoms in total. The van der Waals surface area contributed by atoms with Crippen molar-refractivity contribution in [3.8, 4) is 0 Å². The average molecular weight is 306 g/mol. The zero-order valence-corrected chi connectivity index (χ0v) is 13.7. The molecule has 0 heterocycles. The van der Waals surface area contributed by atoms with Gasteiger partial charge >= 0.3 is 0 Å².